The Kier molecular flexibility index (Phi) is 5.55. The number of aromatic nitrogens is 1. The number of ether oxygens (including phenoxy) is 1. The standard InChI is InChI=1S/C18H14BFN2O5S2/c20-12-5-9(1-3-11(12)19(25)26)7-27-10-2-4-13-15(6-10)29-17(21-13)16-22-14(8-28-16)18(23)24/h1-6,14,25-26H,7-8H2,(H,23,24)/t14-/m1/s1. The molecular weight excluding hydrogens is 418 g/mol. The van der Waals surface area contributed by atoms with Gasteiger partial charge in [-0.1, -0.05) is 12.1 Å². The number of thiazole rings is 1. The van der Waals surface area contributed by atoms with E-state index in [0.717, 1.165) is 10.2 Å². The van der Waals surface area contributed by atoms with E-state index in [1.807, 2.05) is 6.07 Å². The zero-order valence-electron chi connectivity index (χ0n) is 14.8. The fraction of sp³-hybridized carbons (Fsp3) is 0.167. The first-order chi connectivity index (χ1) is 13.9. The summed E-state index contributed by atoms with van der Waals surface area (Å²) in [5.74, 6) is -0.679. The monoisotopic (exact) mass is 432 g/mol. The first-order valence-corrected chi connectivity index (χ1v) is 10.3. The predicted molar refractivity (Wildman–Crippen MR) is 111 cm³/mol. The lowest BCUT2D eigenvalue weighted by Crippen LogP contribution is -2.32. The second-order valence-electron chi connectivity index (χ2n) is 6.27. The van der Waals surface area contributed by atoms with Crippen molar-refractivity contribution in [2.24, 2.45) is 4.99 Å². The minimum absolute atomic E-state index is 0.110. The summed E-state index contributed by atoms with van der Waals surface area (Å²) in [5, 5.41) is 28.5. The van der Waals surface area contributed by atoms with E-state index in [1.54, 1.807) is 18.2 Å². The predicted octanol–water partition coefficient (Wildman–Crippen LogP) is 1.64. The number of nitrogens with zero attached hydrogens (tertiary/aromatic N) is 2. The smallest absolute Gasteiger partial charge is 0.489 e. The summed E-state index contributed by atoms with van der Waals surface area (Å²) in [6, 6.07) is 8.69. The molecule has 1 aliphatic rings. The molecule has 0 radical (unpaired) electrons. The van der Waals surface area contributed by atoms with Crippen molar-refractivity contribution in [1.82, 2.24) is 4.98 Å². The van der Waals surface area contributed by atoms with Gasteiger partial charge >= 0.3 is 13.1 Å². The first-order valence-electron chi connectivity index (χ1n) is 8.52. The summed E-state index contributed by atoms with van der Waals surface area (Å²) in [6.45, 7) is 0.110. The van der Waals surface area contributed by atoms with Gasteiger partial charge in [0.15, 0.2) is 6.04 Å². The Hall–Kier alpha value is -2.47. The molecule has 1 aromatic heterocycles. The fourth-order valence-corrected chi connectivity index (χ4v) is 4.83. The number of fused-ring (bicyclic) bond motifs is 1. The summed E-state index contributed by atoms with van der Waals surface area (Å²) in [6.07, 6.45) is 0. The average molecular weight is 432 g/mol. The molecule has 1 aliphatic heterocycles. The van der Waals surface area contributed by atoms with Crippen LogP contribution in [0.3, 0.4) is 0 Å². The van der Waals surface area contributed by atoms with E-state index in [1.165, 1.54) is 35.2 Å². The van der Waals surface area contributed by atoms with Gasteiger partial charge in [0.05, 0.1) is 10.2 Å². The van der Waals surface area contributed by atoms with Crippen molar-refractivity contribution in [3.63, 3.8) is 0 Å². The van der Waals surface area contributed by atoms with Crippen molar-refractivity contribution in [2.45, 2.75) is 12.6 Å². The van der Waals surface area contributed by atoms with Gasteiger partial charge in [0.25, 0.3) is 0 Å². The summed E-state index contributed by atoms with van der Waals surface area (Å²) in [7, 11) is -1.86. The van der Waals surface area contributed by atoms with Gasteiger partial charge in [-0.15, -0.1) is 23.1 Å². The number of halogens is 1. The van der Waals surface area contributed by atoms with Gasteiger partial charge < -0.3 is 19.9 Å². The number of thioether (sulfide) groups is 1. The number of carboxylic acids is 1. The molecule has 0 fully saturated rings. The minimum atomic E-state index is -1.86. The lowest BCUT2D eigenvalue weighted by Gasteiger charge is -2.08. The van der Waals surface area contributed by atoms with Crippen LogP contribution in [0, 0.1) is 5.82 Å². The summed E-state index contributed by atoms with van der Waals surface area (Å²) < 4.78 is 20.4. The second-order valence-corrected chi connectivity index (χ2v) is 8.31. The summed E-state index contributed by atoms with van der Waals surface area (Å²) in [4.78, 5) is 19.8. The fourth-order valence-electron chi connectivity index (χ4n) is 2.74. The van der Waals surface area contributed by atoms with Crippen molar-refractivity contribution < 1.29 is 29.1 Å². The number of hydrogen-bond acceptors (Lipinski definition) is 8. The van der Waals surface area contributed by atoms with E-state index in [-0.39, 0.29) is 12.1 Å². The number of rotatable bonds is 6. The van der Waals surface area contributed by atoms with Crippen LogP contribution in [0.4, 0.5) is 4.39 Å². The van der Waals surface area contributed by atoms with E-state index < -0.39 is 24.9 Å². The maximum atomic E-state index is 13.8. The topological polar surface area (TPSA) is 112 Å². The van der Waals surface area contributed by atoms with Crippen molar-refractivity contribution in [3.8, 4) is 5.75 Å². The summed E-state index contributed by atoms with van der Waals surface area (Å²) >= 11 is 2.78. The highest BCUT2D eigenvalue weighted by molar-refractivity contribution is 8.15. The molecule has 4 rings (SSSR count). The Labute approximate surface area is 173 Å². The molecule has 0 bridgehead atoms. The maximum Gasteiger partial charge on any atom is 0.491 e. The van der Waals surface area contributed by atoms with E-state index in [0.29, 0.717) is 27.1 Å². The zero-order chi connectivity index (χ0) is 20.5. The van der Waals surface area contributed by atoms with Gasteiger partial charge in [-0.2, -0.15) is 0 Å². The van der Waals surface area contributed by atoms with Gasteiger partial charge in [-0.05, 0) is 29.8 Å². The molecule has 3 N–H and O–H groups in total. The molecule has 0 amide bonds. The van der Waals surface area contributed by atoms with Crippen LogP contribution < -0.4 is 10.2 Å². The number of carboxylic acid groups (broad SMARTS) is 1. The third-order valence-electron chi connectivity index (χ3n) is 4.23. The average Bonchev–Trinajstić information content (AvgIpc) is 3.32. The molecule has 0 spiro atoms. The van der Waals surface area contributed by atoms with Crippen LogP contribution in [0.25, 0.3) is 10.2 Å². The SMILES string of the molecule is O=C(O)[C@H]1CSC(c2nc3ccc(OCc4ccc(B(O)O)c(F)c4)cc3s2)=N1. The van der Waals surface area contributed by atoms with Crippen molar-refractivity contribution in [1.29, 1.82) is 0 Å². The van der Waals surface area contributed by atoms with Crippen LogP contribution in [0.2, 0.25) is 0 Å². The quantitative estimate of drug-likeness (QED) is 0.508. The number of aliphatic carboxylic acids is 1. The highest BCUT2D eigenvalue weighted by Crippen LogP contribution is 2.31. The zero-order valence-corrected chi connectivity index (χ0v) is 16.4. The molecule has 0 unspecified atom stereocenters. The third kappa shape index (κ3) is 4.27. The van der Waals surface area contributed by atoms with Gasteiger partial charge in [-0.25, -0.2) is 14.2 Å². The molecular formula is C18H14BFN2O5S2. The Morgan fingerprint density at radius 3 is 2.79 bits per heavy atom. The highest BCUT2D eigenvalue weighted by atomic mass is 32.2. The normalized spacial score (nSPS) is 16.1. The largest absolute Gasteiger partial charge is 0.491 e. The molecule has 0 saturated carbocycles. The van der Waals surface area contributed by atoms with Crippen molar-refractivity contribution in [2.75, 3.05) is 5.75 Å². The lowest BCUT2D eigenvalue weighted by molar-refractivity contribution is -0.137. The molecule has 29 heavy (non-hydrogen) atoms. The maximum absolute atomic E-state index is 13.8. The van der Waals surface area contributed by atoms with Crippen LogP contribution in [-0.2, 0) is 11.4 Å². The van der Waals surface area contributed by atoms with Gasteiger partial charge in [0, 0.05) is 11.2 Å². The molecule has 3 aromatic rings. The molecule has 7 nitrogen and oxygen atoms in total. The first kappa shape index (κ1) is 19.8. The highest BCUT2D eigenvalue weighted by Gasteiger charge is 2.26. The van der Waals surface area contributed by atoms with E-state index in [2.05, 4.69) is 9.98 Å². The van der Waals surface area contributed by atoms with Crippen molar-refractivity contribution >= 4 is 56.9 Å². The molecule has 11 heteroatoms. The van der Waals surface area contributed by atoms with E-state index >= 15 is 0 Å². The Morgan fingerprint density at radius 1 is 1.28 bits per heavy atom. The molecule has 0 saturated heterocycles. The number of carbonyl (C=O) groups is 1. The van der Waals surface area contributed by atoms with Crippen LogP contribution in [-0.4, -0.2) is 50.1 Å². The Morgan fingerprint density at radius 2 is 2.10 bits per heavy atom. The Bertz CT molecular complexity index is 1120. The molecule has 148 valence electrons. The van der Waals surface area contributed by atoms with Crippen LogP contribution in [0.5, 0.6) is 5.75 Å². The number of benzene rings is 2. The third-order valence-corrected chi connectivity index (χ3v) is 6.44. The number of hydrogen-bond donors (Lipinski definition) is 3. The van der Waals surface area contributed by atoms with E-state index in [4.69, 9.17) is 19.9 Å². The summed E-state index contributed by atoms with van der Waals surface area (Å²) in [5.41, 5.74) is 1.12. The van der Waals surface area contributed by atoms with Crippen LogP contribution in [0.1, 0.15) is 10.6 Å². The number of aliphatic imine (C=N–C) groups is 1. The van der Waals surface area contributed by atoms with Crippen LogP contribution >= 0.6 is 23.1 Å². The minimum Gasteiger partial charge on any atom is -0.489 e. The molecule has 2 heterocycles. The van der Waals surface area contributed by atoms with Gasteiger partial charge in [0.2, 0.25) is 0 Å². The molecule has 1 atom stereocenters. The molecule has 0 aliphatic carbocycles. The Balaban J connectivity index is 1.49. The lowest BCUT2D eigenvalue weighted by atomic mass is 9.79. The van der Waals surface area contributed by atoms with Gasteiger partial charge in [0.1, 0.15) is 28.2 Å². The van der Waals surface area contributed by atoms with Crippen LogP contribution in [0.15, 0.2) is 41.4 Å². The van der Waals surface area contributed by atoms with E-state index in [9.17, 15) is 9.18 Å². The molecule has 2 aromatic carbocycles. The second kappa shape index (κ2) is 8.11. The van der Waals surface area contributed by atoms with Crippen molar-refractivity contribution in [3.05, 3.63) is 52.8 Å². The van der Waals surface area contributed by atoms with Gasteiger partial charge in [-0.3, -0.25) is 4.99 Å².